The molecular weight excluding hydrogens is 204 g/mol. The van der Waals surface area contributed by atoms with Gasteiger partial charge >= 0.3 is 12.3 Å². The Morgan fingerprint density at radius 3 is 2.21 bits per heavy atom. The highest BCUT2D eigenvalue weighted by Gasteiger charge is 2.41. The van der Waals surface area contributed by atoms with Gasteiger partial charge in [0, 0.05) is 5.92 Å². The quantitative estimate of drug-likeness (QED) is 0.636. The van der Waals surface area contributed by atoms with Gasteiger partial charge in [0.1, 0.15) is 13.2 Å². The van der Waals surface area contributed by atoms with Gasteiger partial charge in [-0.25, -0.2) is 8.78 Å². The highest BCUT2D eigenvalue weighted by atomic mass is 19.3. The number of ketones is 1. The molecule has 2 nitrogen and oxygen atoms in total. The second-order valence-corrected chi connectivity index (χ2v) is 3.18. The number of hydrogen-bond donors (Lipinski definition) is 0. The monoisotopic (exact) mass is 216 g/mol. The molecule has 0 heterocycles. The van der Waals surface area contributed by atoms with Crippen molar-refractivity contribution in [2.24, 2.45) is 5.92 Å². The topological polar surface area (TPSA) is 26.3 Å². The molecule has 0 rings (SSSR count). The summed E-state index contributed by atoms with van der Waals surface area (Å²) in [6.07, 6.45) is -3.77. The Morgan fingerprint density at radius 2 is 1.86 bits per heavy atom. The van der Waals surface area contributed by atoms with E-state index in [4.69, 9.17) is 0 Å². The average Bonchev–Trinajstić information content (AvgIpc) is 2.03. The van der Waals surface area contributed by atoms with E-state index in [1.807, 2.05) is 0 Å². The predicted molar refractivity (Wildman–Crippen MR) is 41.6 cm³/mol. The van der Waals surface area contributed by atoms with Crippen LogP contribution in [0.4, 0.5) is 17.6 Å². The van der Waals surface area contributed by atoms with Gasteiger partial charge in [0.05, 0.1) is 0 Å². The Kier molecular flexibility index (Phi) is 5.04. The van der Waals surface area contributed by atoms with Crippen molar-refractivity contribution in [3.05, 3.63) is 0 Å². The van der Waals surface area contributed by atoms with Crippen LogP contribution < -0.4 is 0 Å². The van der Waals surface area contributed by atoms with Crippen LogP contribution in [-0.4, -0.2) is 31.3 Å². The maximum absolute atomic E-state index is 12.2. The van der Waals surface area contributed by atoms with Crippen molar-refractivity contribution < 1.29 is 27.1 Å². The molecule has 0 saturated carbocycles. The standard InChI is InChI=1S/C8H12F4O2/c1-5(2)6(13)3-14-4-8(11,12)7(9)10/h5,7H,3-4H2,1-2H3. The minimum Gasteiger partial charge on any atom is -0.367 e. The molecule has 14 heavy (non-hydrogen) atoms. The second-order valence-electron chi connectivity index (χ2n) is 3.18. The number of Topliss-reactive ketones (excluding diaryl/α,β-unsaturated/α-hetero) is 1. The van der Waals surface area contributed by atoms with Crippen molar-refractivity contribution in [3.8, 4) is 0 Å². The molecular formula is C8H12F4O2. The van der Waals surface area contributed by atoms with Crippen molar-refractivity contribution >= 4 is 5.78 Å². The summed E-state index contributed by atoms with van der Waals surface area (Å²) in [7, 11) is 0. The van der Waals surface area contributed by atoms with E-state index in [0.717, 1.165) is 0 Å². The molecule has 0 amide bonds. The lowest BCUT2D eigenvalue weighted by atomic mass is 10.1. The number of carbonyl (C=O) groups excluding carboxylic acids is 1. The van der Waals surface area contributed by atoms with E-state index >= 15 is 0 Å². The molecule has 6 heteroatoms. The molecule has 0 aliphatic rings. The molecule has 0 saturated heterocycles. The summed E-state index contributed by atoms with van der Waals surface area (Å²) < 4.78 is 51.8. The van der Waals surface area contributed by atoms with Crippen LogP contribution in [0.3, 0.4) is 0 Å². The van der Waals surface area contributed by atoms with Crippen molar-refractivity contribution in [1.82, 2.24) is 0 Å². The highest BCUT2D eigenvalue weighted by molar-refractivity contribution is 5.81. The van der Waals surface area contributed by atoms with Crippen LogP contribution in [0.1, 0.15) is 13.8 Å². The van der Waals surface area contributed by atoms with Crippen molar-refractivity contribution in [3.63, 3.8) is 0 Å². The third kappa shape index (κ3) is 4.55. The lowest BCUT2D eigenvalue weighted by molar-refractivity contribution is -0.168. The van der Waals surface area contributed by atoms with E-state index in [1.54, 1.807) is 13.8 Å². The molecule has 0 aliphatic carbocycles. The first kappa shape index (κ1) is 13.4. The van der Waals surface area contributed by atoms with Gasteiger partial charge in [-0.05, 0) is 0 Å². The zero-order valence-corrected chi connectivity index (χ0v) is 7.90. The number of carbonyl (C=O) groups is 1. The molecule has 0 N–H and O–H groups in total. The van der Waals surface area contributed by atoms with E-state index in [-0.39, 0.29) is 5.92 Å². The zero-order valence-electron chi connectivity index (χ0n) is 7.90. The van der Waals surface area contributed by atoms with Crippen molar-refractivity contribution in [1.29, 1.82) is 0 Å². The lowest BCUT2D eigenvalue weighted by Gasteiger charge is -2.15. The Bertz CT molecular complexity index is 192. The molecule has 0 aromatic heterocycles. The van der Waals surface area contributed by atoms with Gasteiger partial charge in [0.25, 0.3) is 0 Å². The van der Waals surface area contributed by atoms with E-state index < -0.39 is 31.3 Å². The largest absolute Gasteiger partial charge is 0.367 e. The van der Waals surface area contributed by atoms with Gasteiger partial charge in [-0.15, -0.1) is 0 Å². The van der Waals surface area contributed by atoms with Crippen LogP contribution in [0.5, 0.6) is 0 Å². The fourth-order valence-electron chi connectivity index (χ4n) is 0.517. The van der Waals surface area contributed by atoms with Crippen molar-refractivity contribution in [2.75, 3.05) is 13.2 Å². The molecule has 0 bridgehead atoms. The number of ether oxygens (including phenoxy) is 1. The third-order valence-electron chi connectivity index (χ3n) is 1.50. The summed E-state index contributed by atoms with van der Waals surface area (Å²) in [5, 5.41) is 0. The van der Waals surface area contributed by atoms with Gasteiger partial charge in [-0.2, -0.15) is 8.78 Å². The van der Waals surface area contributed by atoms with Gasteiger partial charge in [0.15, 0.2) is 5.78 Å². The van der Waals surface area contributed by atoms with Crippen LogP contribution >= 0.6 is 0 Å². The molecule has 0 fully saturated rings. The van der Waals surface area contributed by atoms with E-state index in [0.29, 0.717) is 0 Å². The maximum Gasteiger partial charge on any atom is 0.330 e. The fraction of sp³-hybridized carbons (Fsp3) is 0.875. The smallest absolute Gasteiger partial charge is 0.330 e. The van der Waals surface area contributed by atoms with Crippen LogP contribution in [0, 0.1) is 5.92 Å². The van der Waals surface area contributed by atoms with E-state index in [2.05, 4.69) is 4.74 Å². The highest BCUT2D eigenvalue weighted by Crippen LogP contribution is 2.22. The summed E-state index contributed by atoms with van der Waals surface area (Å²) in [5.41, 5.74) is 0. The molecule has 0 aromatic rings. The van der Waals surface area contributed by atoms with Crippen LogP contribution in [0.2, 0.25) is 0 Å². The van der Waals surface area contributed by atoms with Crippen LogP contribution in [0.15, 0.2) is 0 Å². The summed E-state index contributed by atoms with van der Waals surface area (Å²) in [5.74, 6) is -4.93. The van der Waals surface area contributed by atoms with Crippen LogP contribution in [-0.2, 0) is 9.53 Å². The maximum atomic E-state index is 12.2. The van der Waals surface area contributed by atoms with E-state index in [9.17, 15) is 22.4 Å². The Labute approximate surface area is 79.2 Å². The molecule has 0 atom stereocenters. The number of hydrogen-bond acceptors (Lipinski definition) is 2. The zero-order chi connectivity index (χ0) is 11.4. The molecule has 0 unspecified atom stereocenters. The third-order valence-corrected chi connectivity index (χ3v) is 1.50. The van der Waals surface area contributed by atoms with E-state index in [1.165, 1.54) is 0 Å². The molecule has 0 spiro atoms. The van der Waals surface area contributed by atoms with Crippen LogP contribution in [0.25, 0.3) is 0 Å². The minimum atomic E-state index is -4.18. The Morgan fingerprint density at radius 1 is 1.36 bits per heavy atom. The lowest BCUT2D eigenvalue weighted by Crippen LogP contribution is -2.33. The number of alkyl halides is 4. The van der Waals surface area contributed by atoms with Gasteiger partial charge in [-0.3, -0.25) is 4.79 Å². The first-order chi connectivity index (χ1) is 6.27. The fourth-order valence-corrected chi connectivity index (χ4v) is 0.517. The normalized spacial score (nSPS) is 12.6. The van der Waals surface area contributed by atoms with Gasteiger partial charge in [0.2, 0.25) is 0 Å². The molecule has 84 valence electrons. The number of rotatable bonds is 6. The molecule has 0 aliphatic heterocycles. The summed E-state index contributed by atoms with van der Waals surface area (Å²) in [4.78, 5) is 10.8. The summed E-state index contributed by atoms with van der Waals surface area (Å²) >= 11 is 0. The minimum absolute atomic E-state index is 0.352. The predicted octanol–water partition coefficient (Wildman–Crippen LogP) is 2.13. The summed E-state index contributed by atoms with van der Waals surface area (Å²) in [6.45, 7) is 1.15. The van der Waals surface area contributed by atoms with Crippen molar-refractivity contribution in [2.45, 2.75) is 26.2 Å². The first-order valence-corrected chi connectivity index (χ1v) is 4.04. The SMILES string of the molecule is CC(C)C(=O)COCC(F)(F)C(F)F. The Hall–Kier alpha value is -0.650. The number of halogens is 4. The Balaban J connectivity index is 3.80. The van der Waals surface area contributed by atoms with Gasteiger partial charge in [-0.1, -0.05) is 13.8 Å². The summed E-state index contributed by atoms with van der Waals surface area (Å²) in [6, 6.07) is 0. The molecule has 0 aromatic carbocycles. The van der Waals surface area contributed by atoms with Gasteiger partial charge < -0.3 is 4.74 Å². The average molecular weight is 216 g/mol. The molecule has 0 radical (unpaired) electrons. The second kappa shape index (κ2) is 5.29. The first-order valence-electron chi connectivity index (χ1n) is 4.04.